The summed E-state index contributed by atoms with van der Waals surface area (Å²) in [6.45, 7) is 0.520. The van der Waals surface area contributed by atoms with Crippen molar-refractivity contribution in [3.05, 3.63) is 64.4 Å². The number of ether oxygens (including phenoxy) is 1. The van der Waals surface area contributed by atoms with Crippen LogP contribution < -0.4 is 0 Å². The van der Waals surface area contributed by atoms with Gasteiger partial charge in [-0.25, -0.2) is 4.98 Å². The van der Waals surface area contributed by atoms with E-state index in [1.165, 1.54) is 17.5 Å². The Kier molecular flexibility index (Phi) is 3.81. The van der Waals surface area contributed by atoms with Gasteiger partial charge >= 0.3 is 0 Å². The quantitative estimate of drug-likeness (QED) is 0.777. The first-order valence-electron chi connectivity index (χ1n) is 6.63. The Balaban J connectivity index is 1.73. The zero-order chi connectivity index (χ0) is 13.1. The summed E-state index contributed by atoms with van der Waals surface area (Å²) in [5, 5.41) is 0.534. The first kappa shape index (κ1) is 12.6. The molecule has 98 valence electrons. The second-order valence-electron chi connectivity index (χ2n) is 4.84. The summed E-state index contributed by atoms with van der Waals surface area (Å²) >= 11 is 6.05. The summed E-state index contributed by atoms with van der Waals surface area (Å²) < 4.78 is 6.05. The van der Waals surface area contributed by atoms with Crippen molar-refractivity contribution in [3.63, 3.8) is 0 Å². The smallest absolute Gasteiger partial charge is 0.134 e. The van der Waals surface area contributed by atoms with Crippen LogP contribution in [0.2, 0.25) is 5.15 Å². The average molecular weight is 274 g/mol. The molecule has 0 spiro atoms. The maximum Gasteiger partial charge on any atom is 0.134 e. The van der Waals surface area contributed by atoms with Crippen molar-refractivity contribution < 1.29 is 4.74 Å². The van der Waals surface area contributed by atoms with Gasteiger partial charge in [-0.2, -0.15) is 0 Å². The molecule has 1 aliphatic carbocycles. The van der Waals surface area contributed by atoms with Crippen molar-refractivity contribution in [1.29, 1.82) is 0 Å². The number of benzene rings is 1. The van der Waals surface area contributed by atoms with Gasteiger partial charge in [0.15, 0.2) is 0 Å². The lowest BCUT2D eigenvalue weighted by molar-refractivity contribution is 0.0282. The lowest BCUT2D eigenvalue weighted by Crippen LogP contribution is -2.12. The van der Waals surface area contributed by atoms with Crippen LogP contribution in [0.3, 0.4) is 0 Å². The summed E-state index contributed by atoms with van der Waals surface area (Å²) in [5.41, 5.74) is 3.69. The van der Waals surface area contributed by atoms with E-state index in [0.717, 1.165) is 18.4 Å². The molecule has 0 aliphatic heterocycles. The summed E-state index contributed by atoms with van der Waals surface area (Å²) in [6, 6.07) is 12.4. The van der Waals surface area contributed by atoms with Crippen LogP contribution in [-0.4, -0.2) is 4.98 Å². The highest BCUT2D eigenvalue weighted by Crippen LogP contribution is 2.33. The van der Waals surface area contributed by atoms with Crippen LogP contribution in [0.15, 0.2) is 42.6 Å². The Bertz CT molecular complexity index is 570. The second-order valence-corrected chi connectivity index (χ2v) is 5.20. The van der Waals surface area contributed by atoms with E-state index in [0.29, 0.717) is 11.8 Å². The van der Waals surface area contributed by atoms with Gasteiger partial charge in [-0.3, -0.25) is 0 Å². The minimum Gasteiger partial charge on any atom is -0.369 e. The molecule has 0 saturated carbocycles. The number of rotatable bonds is 3. The molecule has 2 nitrogen and oxygen atoms in total. The van der Waals surface area contributed by atoms with Gasteiger partial charge in [0.05, 0.1) is 12.7 Å². The van der Waals surface area contributed by atoms with Crippen LogP contribution in [0.1, 0.15) is 35.6 Å². The number of halogens is 1. The van der Waals surface area contributed by atoms with Gasteiger partial charge in [-0.1, -0.05) is 41.9 Å². The highest BCUT2D eigenvalue weighted by atomic mass is 35.5. The Hall–Kier alpha value is -1.38. The molecule has 0 fully saturated rings. The van der Waals surface area contributed by atoms with Gasteiger partial charge in [-0.05, 0) is 36.5 Å². The highest BCUT2D eigenvalue weighted by molar-refractivity contribution is 6.30. The SMILES string of the molecule is Clc1ncccc1COC1CCCc2ccccc21. The lowest BCUT2D eigenvalue weighted by Gasteiger charge is -2.25. The molecule has 0 amide bonds. The van der Waals surface area contributed by atoms with Crippen molar-refractivity contribution in [2.45, 2.75) is 32.0 Å². The van der Waals surface area contributed by atoms with Gasteiger partial charge in [-0.15, -0.1) is 0 Å². The minimum absolute atomic E-state index is 0.182. The summed E-state index contributed by atoms with van der Waals surface area (Å²) in [7, 11) is 0. The van der Waals surface area contributed by atoms with E-state index in [-0.39, 0.29) is 6.10 Å². The topological polar surface area (TPSA) is 22.1 Å². The predicted molar refractivity (Wildman–Crippen MR) is 76.2 cm³/mol. The van der Waals surface area contributed by atoms with E-state index >= 15 is 0 Å². The maximum atomic E-state index is 6.05. The monoisotopic (exact) mass is 273 g/mol. The number of fused-ring (bicyclic) bond motifs is 1. The Labute approximate surface area is 118 Å². The number of hydrogen-bond donors (Lipinski definition) is 0. The Morgan fingerprint density at radius 1 is 1.21 bits per heavy atom. The molecule has 0 radical (unpaired) electrons. The van der Waals surface area contributed by atoms with E-state index in [1.807, 2.05) is 12.1 Å². The van der Waals surface area contributed by atoms with Crippen LogP contribution in [-0.2, 0) is 17.8 Å². The van der Waals surface area contributed by atoms with Crippen LogP contribution in [0.25, 0.3) is 0 Å². The summed E-state index contributed by atoms with van der Waals surface area (Å²) in [5.74, 6) is 0. The fourth-order valence-corrected chi connectivity index (χ4v) is 2.77. The molecule has 0 saturated heterocycles. The first-order chi connectivity index (χ1) is 9.34. The van der Waals surface area contributed by atoms with Gasteiger partial charge < -0.3 is 4.74 Å². The number of hydrogen-bond acceptors (Lipinski definition) is 2. The summed E-state index contributed by atoms with van der Waals surface area (Å²) in [4.78, 5) is 4.07. The normalized spacial score (nSPS) is 18.1. The van der Waals surface area contributed by atoms with Crippen molar-refractivity contribution in [3.8, 4) is 0 Å². The van der Waals surface area contributed by atoms with Crippen LogP contribution in [0.4, 0.5) is 0 Å². The molecule has 0 bridgehead atoms. The zero-order valence-corrected chi connectivity index (χ0v) is 11.4. The van der Waals surface area contributed by atoms with Crippen molar-refractivity contribution in [2.75, 3.05) is 0 Å². The van der Waals surface area contributed by atoms with Crippen molar-refractivity contribution in [1.82, 2.24) is 4.98 Å². The van der Waals surface area contributed by atoms with Crippen molar-refractivity contribution >= 4 is 11.6 Å². The number of aromatic nitrogens is 1. The van der Waals surface area contributed by atoms with E-state index < -0.39 is 0 Å². The standard InChI is InChI=1S/C16H16ClNO/c17-16-13(7-4-10-18-16)11-19-15-9-3-6-12-5-1-2-8-14(12)15/h1-2,4-5,7-8,10,15H,3,6,9,11H2. The molecule has 3 rings (SSSR count). The molecule has 1 unspecified atom stereocenters. The third-order valence-corrected chi connectivity index (χ3v) is 3.93. The van der Waals surface area contributed by atoms with E-state index in [1.54, 1.807) is 6.20 Å². The molecule has 19 heavy (non-hydrogen) atoms. The average Bonchev–Trinajstić information content (AvgIpc) is 2.46. The predicted octanol–water partition coefficient (Wildman–Crippen LogP) is 4.33. The van der Waals surface area contributed by atoms with Gasteiger partial charge in [0, 0.05) is 11.8 Å². The van der Waals surface area contributed by atoms with Crippen LogP contribution >= 0.6 is 11.6 Å². The summed E-state index contributed by atoms with van der Waals surface area (Å²) in [6.07, 6.45) is 5.30. The maximum absolute atomic E-state index is 6.05. The van der Waals surface area contributed by atoms with Crippen LogP contribution in [0.5, 0.6) is 0 Å². The molecule has 1 atom stereocenters. The molecular formula is C16H16ClNO. The fraction of sp³-hybridized carbons (Fsp3) is 0.312. The Morgan fingerprint density at radius 3 is 3.00 bits per heavy atom. The second kappa shape index (κ2) is 5.72. The van der Waals surface area contributed by atoms with E-state index in [9.17, 15) is 0 Å². The minimum atomic E-state index is 0.182. The van der Waals surface area contributed by atoms with Gasteiger partial charge in [0.2, 0.25) is 0 Å². The molecule has 0 N–H and O–H groups in total. The molecular weight excluding hydrogens is 258 g/mol. The number of aryl methyl sites for hydroxylation is 1. The zero-order valence-electron chi connectivity index (χ0n) is 10.7. The highest BCUT2D eigenvalue weighted by Gasteiger charge is 2.20. The molecule has 1 aromatic carbocycles. The molecule has 1 heterocycles. The first-order valence-corrected chi connectivity index (χ1v) is 7.01. The van der Waals surface area contributed by atoms with E-state index in [4.69, 9.17) is 16.3 Å². The number of nitrogens with zero attached hydrogens (tertiary/aromatic N) is 1. The third-order valence-electron chi connectivity index (χ3n) is 3.59. The Morgan fingerprint density at radius 2 is 2.11 bits per heavy atom. The van der Waals surface area contributed by atoms with Gasteiger partial charge in [0.1, 0.15) is 5.15 Å². The molecule has 1 aromatic heterocycles. The molecule has 1 aliphatic rings. The molecule has 3 heteroatoms. The third kappa shape index (κ3) is 2.80. The fourth-order valence-electron chi connectivity index (χ4n) is 2.60. The van der Waals surface area contributed by atoms with Gasteiger partial charge in [0.25, 0.3) is 0 Å². The number of pyridine rings is 1. The van der Waals surface area contributed by atoms with Crippen molar-refractivity contribution in [2.24, 2.45) is 0 Å². The van der Waals surface area contributed by atoms with Crippen LogP contribution in [0, 0.1) is 0 Å². The largest absolute Gasteiger partial charge is 0.369 e. The molecule has 2 aromatic rings. The lowest BCUT2D eigenvalue weighted by atomic mass is 9.89. The van der Waals surface area contributed by atoms with E-state index in [2.05, 4.69) is 29.2 Å².